The Morgan fingerprint density at radius 2 is 1.54 bits per heavy atom. The van der Waals surface area contributed by atoms with Crippen molar-refractivity contribution in [3.8, 4) is 0 Å². The molecule has 0 aliphatic heterocycles. The van der Waals surface area contributed by atoms with Gasteiger partial charge in [-0.05, 0) is 0 Å². The molecule has 0 aliphatic carbocycles. The smallest absolute Gasteiger partial charge is 0.301 e. The van der Waals surface area contributed by atoms with E-state index in [0.717, 1.165) is 0 Å². The van der Waals surface area contributed by atoms with Gasteiger partial charge in [0.2, 0.25) is 8.77 Å². The van der Waals surface area contributed by atoms with E-state index in [1.54, 1.807) is 0 Å². The first kappa shape index (κ1) is 12.9. The highest BCUT2D eigenvalue weighted by molar-refractivity contribution is 8.30. The summed E-state index contributed by atoms with van der Waals surface area (Å²) in [5.41, 5.74) is 0. The maximum Gasteiger partial charge on any atom is 0.426 e. The van der Waals surface area contributed by atoms with Crippen LogP contribution in [0.3, 0.4) is 0 Å². The van der Waals surface area contributed by atoms with E-state index in [4.69, 9.17) is 4.55 Å². The predicted octanol–water partition coefficient (Wildman–Crippen LogP) is 1.70. The van der Waals surface area contributed by atoms with Crippen LogP contribution in [0.15, 0.2) is 0 Å². The van der Waals surface area contributed by atoms with Gasteiger partial charge in [-0.15, -0.1) is 0 Å². The van der Waals surface area contributed by atoms with E-state index in [9.17, 15) is 30.6 Å². The predicted molar refractivity (Wildman–Crippen MR) is 34.0 cm³/mol. The molecule has 0 aliphatic rings. The molecule has 80 valence electrons. The van der Waals surface area contributed by atoms with Gasteiger partial charge in [0.25, 0.3) is 6.17 Å². The van der Waals surface area contributed by atoms with E-state index in [0.29, 0.717) is 0 Å². The summed E-state index contributed by atoms with van der Waals surface area (Å²) in [6, 6.07) is 0. The molecule has 0 saturated carbocycles. The number of hydrogen-bond donors (Lipinski definition) is 1. The van der Waals surface area contributed by atoms with Crippen LogP contribution in [-0.4, -0.2) is 26.4 Å². The molecule has 2 atom stereocenters. The van der Waals surface area contributed by atoms with Gasteiger partial charge in [0.05, 0.1) is 0 Å². The summed E-state index contributed by atoms with van der Waals surface area (Å²) < 4.78 is 88.0. The van der Waals surface area contributed by atoms with Crippen LogP contribution in [0.2, 0.25) is 0 Å². The molecule has 0 radical (unpaired) electrons. The Bertz CT molecular complexity index is 279. The molecule has 0 bridgehead atoms. The van der Waals surface area contributed by atoms with Gasteiger partial charge in [0.1, 0.15) is 0 Å². The highest BCUT2D eigenvalue weighted by Gasteiger charge is 2.62. The second-order valence-electron chi connectivity index (χ2n) is 1.94. The number of rotatable bonds is 2. The van der Waals surface area contributed by atoms with Gasteiger partial charge in [-0.3, -0.25) is 0 Å². The third kappa shape index (κ3) is 2.68. The second-order valence-corrected chi connectivity index (χ2v) is 4.79. The lowest BCUT2D eigenvalue weighted by Crippen LogP contribution is -2.46. The van der Waals surface area contributed by atoms with Crippen molar-refractivity contribution in [1.29, 1.82) is 0 Å². The second kappa shape index (κ2) is 3.24. The molecular formula is C3H2F6O2S2. The fraction of sp³-hybridized carbons (Fsp3) is 1.00. The first-order valence-electron chi connectivity index (χ1n) is 2.46. The topological polar surface area (TPSA) is 37.3 Å². The van der Waals surface area contributed by atoms with Gasteiger partial charge in [0, 0.05) is 11.2 Å². The summed E-state index contributed by atoms with van der Waals surface area (Å²) in [5.74, 6) is 0. The fourth-order valence-corrected chi connectivity index (χ4v) is 0.970. The molecule has 0 aromatic heterocycles. The maximum absolute atomic E-state index is 12.1. The SMILES string of the molecule is O=S(O)(=S)C(F)(F)C(F)C(F)(F)F. The van der Waals surface area contributed by atoms with Crippen LogP contribution in [0.4, 0.5) is 26.3 Å². The zero-order valence-corrected chi connectivity index (χ0v) is 7.15. The van der Waals surface area contributed by atoms with Gasteiger partial charge in [-0.2, -0.15) is 22.0 Å². The van der Waals surface area contributed by atoms with Gasteiger partial charge in [-0.1, -0.05) is 0 Å². The Kier molecular flexibility index (Phi) is 3.22. The first-order chi connectivity index (χ1) is 5.40. The molecule has 2 nitrogen and oxygen atoms in total. The lowest BCUT2D eigenvalue weighted by Gasteiger charge is -2.21. The summed E-state index contributed by atoms with van der Waals surface area (Å²) in [6.45, 7) is 0. The molecule has 13 heavy (non-hydrogen) atoms. The summed E-state index contributed by atoms with van der Waals surface area (Å²) in [6.07, 6.45) is -10.7. The van der Waals surface area contributed by atoms with Crippen LogP contribution < -0.4 is 0 Å². The summed E-state index contributed by atoms with van der Waals surface area (Å²) in [5, 5.41) is -5.51. The molecule has 1 N–H and O–H groups in total. The first-order valence-corrected chi connectivity index (χ1v) is 4.90. The Morgan fingerprint density at radius 3 is 1.62 bits per heavy atom. The van der Waals surface area contributed by atoms with Crippen LogP contribution in [0, 0.1) is 0 Å². The minimum Gasteiger partial charge on any atom is -0.301 e. The quantitative estimate of drug-likeness (QED) is 0.756. The van der Waals surface area contributed by atoms with Gasteiger partial charge in [-0.25, -0.2) is 8.60 Å². The third-order valence-electron chi connectivity index (χ3n) is 0.926. The van der Waals surface area contributed by atoms with Gasteiger partial charge in [0.15, 0.2) is 0 Å². The highest BCUT2D eigenvalue weighted by Crippen LogP contribution is 2.37. The standard InChI is InChI=1S/C3H2F6O2S2/c4-1(2(5,6)7)3(8,9)13(10,11)12/h1H,(H,10,11,12). The van der Waals surface area contributed by atoms with Crippen LogP contribution in [0.25, 0.3) is 0 Å². The van der Waals surface area contributed by atoms with Crippen molar-refractivity contribution in [1.82, 2.24) is 0 Å². The van der Waals surface area contributed by atoms with E-state index in [1.165, 1.54) is 0 Å². The minimum absolute atomic E-state index is 3.16. The van der Waals surface area contributed by atoms with Gasteiger partial charge >= 0.3 is 11.4 Å². The van der Waals surface area contributed by atoms with Crippen molar-refractivity contribution < 1.29 is 35.1 Å². The van der Waals surface area contributed by atoms with Crippen molar-refractivity contribution in [3.05, 3.63) is 0 Å². The Morgan fingerprint density at radius 1 is 1.23 bits per heavy atom. The van der Waals surface area contributed by atoms with Crippen molar-refractivity contribution in [2.75, 3.05) is 0 Å². The van der Waals surface area contributed by atoms with E-state index < -0.39 is 26.4 Å². The molecule has 0 rings (SSSR count). The molecule has 0 heterocycles. The molecule has 0 aromatic rings. The normalized spacial score (nSPS) is 20.8. The Hall–Kier alpha value is -0.0900. The van der Waals surface area contributed by atoms with E-state index in [1.807, 2.05) is 0 Å². The number of hydrogen-bond acceptors (Lipinski definition) is 2. The average Bonchev–Trinajstić information content (AvgIpc) is 1.81. The van der Waals surface area contributed by atoms with Crippen LogP contribution in [0.5, 0.6) is 0 Å². The van der Waals surface area contributed by atoms with Crippen LogP contribution in [-0.2, 0) is 20.0 Å². The zero-order valence-electron chi connectivity index (χ0n) is 5.52. The molecule has 10 heteroatoms. The third-order valence-corrected chi connectivity index (χ3v) is 2.49. The lowest BCUT2D eigenvalue weighted by atomic mass is 10.4. The highest BCUT2D eigenvalue weighted by atomic mass is 32.8. The minimum atomic E-state index is -5.92. The van der Waals surface area contributed by atoms with Gasteiger partial charge < -0.3 is 4.55 Å². The summed E-state index contributed by atoms with van der Waals surface area (Å²) in [4.78, 5) is 0. The molecular weight excluding hydrogens is 246 g/mol. The van der Waals surface area contributed by atoms with Crippen molar-refractivity contribution >= 4 is 20.0 Å². The van der Waals surface area contributed by atoms with Crippen LogP contribution >= 0.6 is 0 Å². The molecule has 2 unspecified atom stereocenters. The van der Waals surface area contributed by atoms with Crippen LogP contribution in [0.1, 0.15) is 0 Å². The van der Waals surface area contributed by atoms with E-state index in [2.05, 4.69) is 11.2 Å². The van der Waals surface area contributed by atoms with E-state index >= 15 is 0 Å². The molecule has 0 saturated heterocycles. The lowest BCUT2D eigenvalue weighted by molar-refractivity contribution is -0.222. The Labute approximate surface area is 73.4 Å². The number of alkyl halides is 6. The van der Waals surface area contributed by atoms with Crippen molar-refractivity contribution in [2.24, 2.45) is 0 Å². The fourth-order valence-electron chi connectivity index (χ4n) is 0.321. The average molecular weight is 248 g/mol. The molecule has 0 amide bonds. The molecule has 0 aromatic carbocycles. The molecule has 0 spiro atoms. The monoisotopic (exact) mass is 248 g/mol. The summed E-state index contributed by atoms with van der Waals surface area (Å²) in [7, 11) is -5.58. The largest absolute Gasteiger partial charge is 0.426 e. The maximum atomic E-state index is 12.1. The Balaban J connectivity index is 5.09. The van der Waals surface area contributed by atoms with Crippen molar-refractivity contribution in [3.63, 3.8) is 0 Å². The summed E-state index contributed by atoms with van der Waals surface area (Å²) >= 11 is 3.16. The van der Waals surface area contributed by atoms with E-state index in [-0.39, 0.29) is 0 Å². The number of halogens is 6. The zero-order chi connectivity index (χ0) is 11.1. The molecule has 0 fully saturated rings. The van der Waals surface area contributed by atoms with Crippen molar-refractivity contribution in [2.45, 2.75) is 17.6 Å².